The molecule has 6 heteroatoms. The number of hydrogen-bond acceptors (Lipinski definition) is 2. The average molecular weight is 450 g/mol. The number of carbonyl (C=O) groups excluding carboxylic acids is 1. The number of alkyl halides is 3. The molecule has 3 rings (SSSR count). The Morgan fingerprint density at radius 3 is 2.07 bits per heavy atom. The van der Waals surface area contributed by atoms with Gasteiger partial charge in [-0.05, 0) is 46.0 Å². The molecule has 3 aromatic rings. The van der Waals surface area contributed by atoms with E-state index >= 15 is 0 Å². The Morgan fingerprint density at radius 1 is 0.862 bits per heavy atom. The van der Waals surface area contributed by atoms with Crippen molar-refractivity contribution in [2.75, 3.05) is 5.32 Å². The first-order valence-corrected chi connectivity index (χ1v) is 10.4. The van der Waals surface area contributed by atoms with Crippen molar-refractivity contribution in [3.05, 3.63) is 77.9 Å². The lowest BCUT2D eigenvalue weighted by atomic mass is 9.87. The quantitative estimate of drug-likeness (QED) is 0.345. The number of fused-ring (bicyclic) bond motifs is 1. The first kappa shape index (κ1) is 21.8. The number of hydrogen-bond donors (Lipinski definition) is 2. The summed E-state index contributed by atoms with van der Waals surface area (Å²) in [6, 6.07) is 21.2. The molecule has 0 aliphatic carbocycles. The fourth-order valence-corrected chi connectivity index (χ4v) is 3.31. The number of amides is 1. The fraction of sp³-hybridized carbons (Fsp3) is 0.261. The maximum absolute atomic E-state index is 12.7. The fourth-order valence-electron chi connectivity index (χ4n) is 2.98. The molecule has 0 heterocycles. The Kier molecular flexibility index (Phi) is 6.33. The second-order valence-corrected chi connectivity index (χ2v) is 10.4. The molecular formula is C23H23Cl3N2O. The summed E-state index contributed by atoms with van der Waals surface area (Å²) in [7, 11) is 0. The molecule has 3 aromatic carbocycles. The van der Waals surface area contributed by atoms with Gasteiger partial charge in [-0.1, -0.05) is 98.0 Å². The van der Waals surface area contributed by atoms with Crippen molar-refractivity contribution in [2.45, 2.75) is 36.1 Å². The normalized spacial score (nSPS) is 13.2. The molecule has 1 atom stereocenters. The minimum absolute atomic E-state index is 0.00670. The molecular weight excluding hydrogens is 427 g/mol. The summed E-state index contributed by atoms with van der Waals surface area (Å²) in [5.41, 5.74) is 2.38. The molecule has 3 nitrogen and oxygen atoms in total. The lowest BCUT2D eigenvalue weighted by molar-refractivity contribution is 0.0942. The molecule has 0 spiro atoms. The van der Waals surface area contributed by atoms with Crippen LogP contribution in [0.15, 0.2) is 66.7 Å². The summed E-state index contributed by atoms with van der Waals surface area (Å²) in [6.45, 7) is 6.36. The highest BCUT2D eigenvalue weighted by molar-refractivity contribution is 6.68. The molecule has 0 saturated heterocycles. The zero-order valence-corrected chi connectivity index (χ0v) is 18.7. The van der Waals surface area contributed by atoms with E-state index in [4.69, 9.17) is 34.8 Å². The molecule has 0 aliphatic rings. The molecule has 0 fully saturated rings. The molecule has 0 unspecified atom stereocenters. The van der Waals surface area contributed by atoms with Gasteiger partial charge in [-0.2, -0.15) is 0 Å². The van der Waals surface area contributed by atoms with Gasteiger partial charge in [-0.15, -0.1) is 0 Å². The van der Waals surface area contributed by atoms with Gasteiger partial charge in [-0.25, -0.2) is 0 Å². The van der Waals surface area contributed by atoms with E-state index in [-0.39, 0.29) is 11.3 Å². The molecule has 29 heavy (non-hydrogen) atoms. The number of nitrogens with one attached hydrogen (secondary N) is 2. The van der Waals surface area contributed by atoms with Gasteiger partial charge in [0.25, 0.3) is 5.91 Å². The predicted octanol–water partition coefficient (Wildman–Crippen LogP) is 6.68. The van der Waals surface area contributed by atoms with Gasteiger partial charge >= 0.3 is 0 Å². The van der Waals surface area contributed by atoms with Crippen LogP contribution in [0.1, 0.15) is 36.7 Å². The van der Waals surface area contributed by atoms with Gasteiger partial charge in [0.2, 0.25) is 3.79 Å². The van der Waals surface area contributed by atoms with Crippen molar-refractivity contribution < 1.29 is 4.79 Å². The predicted molar refractivity (Wildman–Crippen MR) is 124 cm³/mol. The maximum Gasteiger partial charge on any atom is 0.252 e. The third kappa shape index (κ3) is 5.57. The Bertz CT molecular complexity index is 1010. The summed E-state index contributed by atoms with van der Waals surface area (Å²) in [5.74, 6) is -0.324. The van der Waals surface area contributed by atoms with E-state index in [1.54, 1.807) is 12.1 Å². The Balaban J connectivity index is 1.79. The second-order valence-electron chi connectivity index (χ2n) is 7.98. The van der Waals surface area contributed by atoms with Gasteiger partial charge in [0.1, 0.15) is 6.17 Å². The van der Waals surface area contributed by atoms with Crippen LogP contribution in [-0.2, 0) is 5.41 Å². The van der Waals surface area contributed by atoms with E-state index in [2.05, 4.69) is 31.4 Å². The lowest BCUT2D eigenvalue weighted by Gasteiger charge is -2.27. The number of rotatable bonds is 4. The topological polar surface area (TPSA) is 41.1 Å². The van der Waals surface area contributed by atoms with Gasteiger partial charge in [0.15, 0.2) is 0 Å². The Hall–Kier alpha value is -1.94. The van der Waals surface area contributed by atoms with Crippen LogP contribution in [0.2, 0.25) is 0 Å². The van der Waals surface area contributed by atoms with Crippen LogP contribution in [0.3, 0.4) is 0 Å². The first-order chi connectivity index (χ1) is 13.5. The number of halogens is 3. The van der Waals surface area contributed by atoms with Crippen molar-refractivity contribution in [1.82, 2.24) is 5.32 Å². The van der Waals surface area contributed by atoms with Crippen LogP contribution in [0.4, 0.5) is 5.69 Å². The van der Waals surface area contributed by atoms with E-state index in [0.717, 1.165) is 22.0 Å². The van der Waals surface area contributed by atoms with Gasteiger partial charge < -0.3 is 10.6 Å². The van der Waals surface area contributed by atoms with E-state index in [1.165, 1.54) is 0 Å². The van der Waals surface area contributed by atoms with Crippen LogP contribution in [0, 0.1) is 0 Å². The monoisotopic (exact) mass is 448 g/mol. The largest absolute Gasteiger partial charge is 0.362 e. The van der Waals surface area contributed by atoms with Crippen molar-refractivity contribution in [2.24, 2.45) is 0 Å². The zero-order chi connectivity index (χ0) is 21.2. The summed E-state index contributed by atoms with van der Waals surface area (Å²) in [4.78, 5) is 12.7. The van der Waals surface area contributed by atoms with E-state index in [9.17, 15) is 4.79 Å². The molecule has 152 valence electrons. The highest BCUT2D eigenvalue weighted by Gasteiger charge is 2.34. The molecule has 0 aromatic heterocycles. The lowest BCUT2D eigenvalue weighted by Crippen LogP contribution is -2.49. The van der Waals surface area contributed by atoms with Crippen molar-refractivity contribution in [1.29, 1.82) is 0 Å². The van der Waals surface area contributed by atoms with Crippen LogP contribution >= 0.6 is 34.8 Å². The highest BCUT2D eigenvalue weighted by atomic mass is 35.6. The number of benzene rings is 3. The van der Waals surface area contributed by atoms with Crippen LogP contribution < -0.4 is 10.6 Å². The second kappa shape index (κ2) is 8.43. The smallest absolute Gasteiger partial charge is 0.252 e. The van der Waals surface area contributed by atoms with E-state index in [0.29, 0.717) is 5.56 Å². The molecule has 0 saturated carbocycles. The molecule has 0 radical (unpaired) electrons. The maximum atomic E-state index is 12.7. The first-order valence-electron chi connectivity index (χ1n) is 9.27. The van der Waals surface area contributed by atoms with Gasteiger partial charge in [0.05, 0.1) is 0 Å². The van der Waals surface area contributed by atoms with E-state index < -0.39 is 9.96 Å². The van der Waals surface area contributed by atoms with Crippen LogP contribution in [-0.4, -0.2) is 15.9 Å². The van der Waals surface area contributed by atoms with Crippen molar-refractivity contribution in [3.8, 4) is 0 Å². The number of anilines is 1. The van der Waals surface area contributed by atoms with E-state index in [1.807, 2.05) is 54.6 Å². The Labute approximate surface area is 186 Å². The third-order valence-electron chi connectivity index (χ3n) is 4.68. The summed E-state index contributed by atoms with van der Waals surface area (Å²) in [5, 5.41) is 8.05. The van der Waals surface area contributed by atoms with Crippen molar-refractivity contribution in [3.63, 3.8) is 0 Å². The Morgan fingerprint density at radius 2 is 1.48 bits per heavy atom. The standard InChI is InChI=1S/C23H23Cl3N2O/c1-22(2,3)18-11-8-16(9-12-18)20(29)28-21(23(24,25)26)27-19-13-10-15-6-4-5-7-17(15)14-19/h4-14,21,27H,1-3H3,(H,28,29)/t21-/m1/s1. The summed E-state index contributed by atoms with van der Waals surface area (Å²) in [6.07, 6.45) is -0.913. The average Bonchev–Trinajstić information content (AvgIpc) is 2.66. The molecule has 1 amide bonds. The highest BCUT2D eigenvalue weighted by Crippen LogP contribution is 2.32. The summed E-state index contributed by atoms with van der Waals surface area (Å²) < 4.78 is -1.74. The van der Waals surface area contributed by atoms with Gasteiger partial charge in [-0.3, -0.25) is 4.79 Å². The zero-order valence-electron chi connectivity index (χ0n) is 16.5. The van der Waals surface area contributed by atoms with Crippen molar-refractivity contribution >= 4 is 57.2 Å². The van der Waals surface area contributed by atoms with Gasteiger partial charge in [0, 0.05) is 11.3 Å². The molecule has 2 N–H and O–H groups in total. The number of carbonyl (C=O) groups is 1. The minimum Gasteiger partial charge on any atom is -0.362 e. The third-order valence-corrected chi connectivity index (χ3v) is 5.33. The van der Waals surface area contributed by atoms with Crippen LogP contribution in [0.5, 0.6) is 0 Å². The summed E-state index contributed by atoms with van der Waals surface area (Å²) >= 11 is 18.4. The molecule has 0 aliphatic heterocycles. The minimum atomic E-state index is -1.74. The van der Waals surface area contributed by atoms with Crippen LogP contribution in [0.25, 0.3) is 10.8 Å². The SMILES string of the molecule is CC(C)(C)c1ccc(C(=O)N[C@@H](Nc2ccc3ccccc3c2)C(Cl)(Cl)Cl)cc1. The molecule has 0 bridgehead atoms.